The third kappa shape index (κ3) is 3.92. The molecule has 3 rings (SSSR count). The van der Waals surface area contributed by atoms with E-state index in [1.165, 1.54) is 0 Å². The second-order valence-electron chi connectivity index (χ2n) is 6.23. The average Bonchev–Trinajstić information content (AvgIpc) is 2.68. The van der Waals surface area contributed by atoms with Gasteiger partial charge in [-0.2, -0.15) is 0 Å². The molecule has 0 unspecified atom stereocenters. The SMILES string of the molecule is COc1ccc(C(=O)OCC(=O)Nc2cccc(C)c2C)c2ccccc12. The second-order valence-corrected chi connectivity index (χ2v) is 6.23. The van der Waals surface area contributed by atoms with Crippen LogP contribution in [-0.2, 0) is 9.53 Å². The molecule has 5 nitrogen and oxygen atoms in total. The predicted octanol–water partition coefficient (Wildman–Crippen LogP) is 4.26. The molecule has 3 aromatic rings. The van der Waals surface area contributed by atoms with Crippen LogP contribution in [0.3, 0.4) is 0 Å². The number of aryl methyl sites for hydroxylation is 1. The van der Waals surface area contributed by atoms with Gasteiger partial charge in [0.15, 0.2) is 6.61 Å². The highest BCUT2D eigenvalue weighted by Crippen LogP contribution is 2.28. The van der Waals surface area contributed by atoms with Crippen LogP contribution in [0, 0.1) is 13.8 Å². The van der Waals surface area contributed by atoms with Crippen LogP contribution in [0.5, 0.6) is 5.75 Å². The molecule has 0 spiro atoms. The van der Waals surface area contributed by atoms with Crippen LogP contribution in [-0.4, -0.2) is 25.6 Å². The number of hydrogen-bond acceptors (Lipinski definition) is 4. The van der Waals surface area contributed by atoms with Crippen molar-refractivity contribution in [2.45, 2.75) is 13.8 Å². The zero-order valence-electron chi connectivity index (χ0n) is 15.5. The molecule has 1 N–H and O–H groups in total. The maximum atomic E-state index is 12.5. The van der Waals surface area contributed by atoms with Crippen molar-refractivity contribution in [1.82, 2.24) is 0 Å². The lowest BCUT2D eigenvalue weighted by Gasteiger charge is -2.12. The number of carbonyl (C=O) groups excluding carboxylic acids is 2. The van der Waals surface area contributed by atoms with Gasteiger partial charge in [-0.15, -0.1) is 0 Å². The predicted molar refractivity (Wildman–Crippen MR) is 105 cm³/mol. The molecule has 0 aliphatic heterocycles. The van der Waals surface area contributed by atoms with E-state index >= 15 is 0 Å². The lowest BCUT2D eigenvalue weighted by molar-refractivity contribution is -0.119. The Kier molecular flexibility index (Phi) is 5.41. The molecule has 0 heterocycles. The maximum Gasteiger partial charge on any atom is 0.339 e. The number of methoxy groups -OCH3 is 1. The summed E-state index contributed by atoms with van der Waals surface area (Å²) < 4.78 is 10.6. The molecule has 27 heavy (non-hydrogen) atoms. The molecule has 3 aromatic carbocycles. The Labute approximate surface area is 157 Å². The fourth-order valence-electron chi connectivity index (χ4n) is 2.91. The summed E-state index contributed by atoms with van der Waals surface area (Å²) in [6.45, 7) is 3.55. The van der Waals surface area contributed by atoms with E-state index in [2.05, 4.69) is 5.32 Å². The van der Waals surface area contributed by atoms with Crippen molar-refractivity contribution in [2.75, 3.05) is 19.0 Å². The highest BCUT2D eigenvalue weighted by Gasteiger charge is 2.16. The van der Waals surface area contributed by atoms with Gasteiger partial charge < -0.3 is 14.8 Å². The molecule has 138 valence electrons. The lowest BCUT2D eigenvalue weighted by atomic mass is 10.0. The van der Waals surface area contributed by atoms with Crippen molar-refractivity contribution in [3.8, 4) is 5.75 Å². The zero-order chi connectivity index (χ0) is 19.4. The number of fused-ring (bicyclic) bond motifs is 1. The Morgan fingerprint density at radius 2 is 1.67 bits per heavy atom. The summed E-state index contributed by atoms with van der Waals surface area (Å²) in [4.78, 5) is 24.7. The van der Waals surface area contributed by atoms with E-state index in [1.54, 1.807) is 19.2 Å². The summed E-state index contributed by atoms with van der Waals surface area (Å²) in [5, 5.41) is 4.31. The van der Waals surface area contributed by atoms with Crippen LogP contribution in [0.25, 0.3) is 10.8 Å². The first-order valence-electron chi connectivity index (χ1n) is 8.60. The fourth-order valence-corrected chi connectivity index (χ4v) is 2.91. The molecule has 0 aliphatic rings. The number of amides is 1. The van der Waals surface area contributed by atoms with Gasteiger partial charge in [0.2, 0.25) is 0 Å². The molecule has 0 atom stereocenters. The molecular weight excluding hydrogens is 342 g/mol. The minimum atomic E-state index is -0.551. The Hall–Kier alpha value is -3.34. The van der Waals surface area contributed by atoms with Crippen LogP contribution >= 0.6 is 0 Å². The van der Waals surface area contributed by atoms with Gasteiger partial charge in [0.25, 0.3) is 5.91 Å². The highest BCUT2D eigenvalue weighted by molar-refractivity contribution is 6.07. The molecule has 0 bridgehead atoms. The standard InChI is InChI=1S/C22H21NO4/c1-14-7-6-10-19(15(14)2)23-21(24)13-27-22(25)18-11-12-20(26-3)17-9-5-4-8-16(17)18/h4-12H,13H2,1-3H3,(H,23,24). The van der Waals surface area contributed by atoms with Crippen molar-refractivity contribution in [2.24, 2.45) is 0 Å². The first-order chi connectivity index (χ1) is 13.0. The number of carbonyl (C=O) groups is 2. The van der Waals surface area contributed by atoms with Crippen molar-refractivity contribution >= 4 is 28.3 Å². The molecule has 0 fully saturated rings. The number of ether oxygens (including phenoxy) is 2. The quantitative estimate of drug-likeness (QED) is 0.688. The lowest BCUT2D eigenvalue weighted by Crippen LogP contribution is -2.21. The fraction of sp³-hybridized carbons (Fsp3) is 0.182. The van der Waals surface area contributed by atoms with E-state index in [4.69, 9.17) is 9.47 Å². The largest absolute Gasteiger partial charge is 0.496 e. The topological polar surface area (TPSA) is 64.6 Å². The van der Waals surface area contributed by atoms with E-state index in [0.717, 1.165) is 21.9 Å². The second kappa shape index (κ2) is 7.91. The highest BCUT2D eigenvalue weighted by atomic mass is 16.5. The van der Waals surface area contributed by atoms with Gasteiger partial charge in [-0.05, 0) is 48.6 Å². The third-order valence-electron chi connectivity index (χ3n) is 4.54. The van der Waals surface area contributed by atoms with Gasteiger partial charge in [-0.3, -0.25) is 4.79 Å². The van der Waals surface area contributed by atoms with Gasteiger partial charge >= 0.3 is 5.97 Å². The van der Waals surface area contributed by atoms with Crippen LogP contribution in [0.4, 0.5) is 5.69 Å². The van der Waals surface area contributed by atoms with E-state index in [1.807, 2.05) is 56.3 Å². The van der Waals surface area contributed by atoms with Crippen LogP contribution < -0.4 is 10.1 Å². The molecule has 0 saturated carbocycles. The number of hydrogen-bond donors (Lipinski definition) is 1. The van der Waals surface area contributed by atoms with E-state index in [0.29, 0.717) is 17.0 Å². The van der Waals surface area contributed by atoms with Crippen LogP contribution in [0.15, 0.2) is 54.6 Å². The van der Waals surface area contributed by atoms with Crippen LogP contribution in [0.1, 0.15) is 21.5 Å². The normalized spacial score (nSPS) is 10.5. The van der Waals surface area contributed by atoms with Gasteiger partial charge in [-0.1, -0.05) is 36.4 Å². The number of rotatable bonds is 5. The summed E-state index contributed by atoms with van der Waals surface area (Å²) in [7, 11) is 1.58. The van der Waals surface area contributed by atoms with Gasteiger partial charge in [0.1, 0.15) is 5.75 Å². The third-order valence-corrected chi connectivity index (χ3v) is 4.54. The maximum absolute atomic E-state index is 12.5. The van der Waals surface area contributed by atoms with Crippen molar-refractivity contribution in [1.29, 1.82) is 0 Å². The molecule has 0 radical (unpaired) electrons. The molecule has 0 saturated heterocycles. The Balaban J connectivity index is 1.72. The number of esters is 1. The van der Waals surface area contributed by atoms with E-state index in [-0.39, 0.29) is 12.5 Å². The summed E-state index contributed by atoms with van der Waals surface area (Å²) in [5.74, 6) is -0.255. The molecule has 0 aliphatic carbocycles. The smallest absolute Gasteiger partial charge is 0.339 e. The molecular formula is C22H21NO4. The number of benzene rings is 3. The minimum Gasteiger partial charge on any atom is -0.496 e. The average molecular weight is 363 g/mol. The summed E-state index contributed by atoms with van der Waals surface area (Å²) in [6.07, 6.45) is 0. The summed E-state index contributed by atoms with van der Waals surface area (Å²) >= 11 is 0. The first-order valence-corrected chi connectivity index (χ1v) is 8.60. The van der Waals surface area contributed by atoms with Gasteiger partial charge in [-0.25, -0.2) is 4.79 Å². The van der Waals surface area contributed by atoms with E-state index in [9.17, 15) is 9.59 Å². The van der Waals surface area contributed by atoms with Crippen molar-refractivity contribution < 1.29 is 19.1 Å². The monoisotopic (exact) mass is 363 g/mol. The van der Waals surface area contributed by atoms with E-state index < -0.39 is 5.97 Å². The van der Waals surface area contributed by atoms with Crippen molar-refractivity contribution in [3.05, 3.63) is 71.3 Å². The first kappa shape index (κ1) is 18.5. The number of nitrogens with one attached hydrogen (secondary N) is 1. The van der Waals surface area contributed by atoms with Crippen molar-refractivity contribution in [3.63, 3.8) is 0 Å². The van der Waals surface area contributed by atoms with Crippen LogP contribution in [0.2, 0.25) is 0 Å². The Morgan fingerprint density at radius 1 is 0.926 bits per heavy atom. The molecule has 1 amide bonds. The van der Waals surface area contributed by atoms with Gasteiger partial charge in [0.05, 0.1) is 12.7 Å². The zero-order valence-corrected chi connectivity index (χ0v) is 15.5. The Bertz CT molecular complexity index is 1010. The summed E-state index contributed by atoms with van der Waals surface area (Å²) in [5.41, 5.74) is 3.17. The molecule has 5 heteroatoms. The number of anilines is 1. The Morgan fingerprint density at radius 3 is 2.41 bits per heavy atom. The summed E-state index contributed by atoms with van der Waals surface area (Å²) in [6, 6.07) is 16.4. The molecule has 0 aromatic heterocycles. The minimum absolute atomic E-state index is 0.355. The van der Waals surface area contributed by atoms with Gasteiger partial charge in [0, 0.05) is 11.1 Å².